The highest BCUT2D eigenvalue weighted by atomic mass is 19.4. The summed E-state index contributed by atoms with van der Waals surface area (Å²) in [5.74, 6) is -1.48. The monoisotopic (exact) mass is 252 g/mol. The number of halogens is 3. The summed E-state index contributed by atoms with van der Waals surface area (Å²) < 4.78 is 37.5. The van der Waals surface area contributed by atoms with Gasteiger partial charge in [-0.3, -0.25) is 4.79 Å². The molecule has 96 valence electrons. The molecule has 0 radical (unpaired) electrons. The third-order valence-electron chi connectivity index (χ3n) is 2.15. The van der Waals surface area contributed by atoms with Crippen LogP contribution in [0.15, 0.2) is 0 Å². The lowest BCUT2D eigenvalue weighted by Gasteiger charge is -2.14. The van der Waals surface area contributed by atoms with Crippen molar-refractivity contribution in [3.8, 4) is 0 Å². The van der Waals surface area contributed by atoms with E-state index in [-0.39, 0.29) is 12.2 Å². The van der Waals surface area contributed by atoms with Gasteiger partial charge in [0.1, 0.15) is 6.42 Å². The molecule has 0 aliphatic carbocycles. The van der Waals surface area contributed by atoms with Crippen molar-refractivity contribution in [3.05, 3.63) is 5.82 Å². The summed E-state index contributed by atoms with van der Waals surface area (Å²) in [4.78, 5) is 10.6. The molecule has 17 heavy (non-hydrogen) atoms. The lowest BCUT2D eigenvalue weighted by atomic mass is 10.1. The predicted molar refractivity (Wildman–Crippen MR) is 49.2 cm³/mol. The Kier molecular flexibility index (Phi) is 4.02. The van der Waals surface area contributed by atoms with Crippen molar-refractivity contribution in [2.24, 2.45) is 0 Å². The summed E-state index contributed by atoms with van der Waals surface area (Å²) in [6.45, 7) is 1.66. The molecule has 1 aromatic heterocycles. The van der Waals surface area contributed by atoms with Gasteiger partial charge in [0.05, 0.1) is 12.5 Å². The highest BCUT2D eigenvalue weighted by Crippen LogP contribution is 2.23. The zero-order valence-electron chi connectivity index (χ0n) is 8.98. The van der Waals surface area contributed by atoms with E-state index >= 15 is 0 Å². The summed E-state index contributed by atoms with van der Waals surface area (Å²) in [6.07, 6.45) is -5.67. The highest BCUT2D eigenvalue weighted by Gasteiger charge is 2.32. The fraction of sp³-hybridized carbons (Fsp3) is 0.750. The van der Waals surface area contributed by atoms with E-state index in [0.29, 0.717) is 6.42 Å². The maximum atomic E-state index is 12.2. The highest BCUT2D eigenvalue weighted by molar-refractivity contribution is 5.67. The Hall–Kier alpha value is -1.67. The Morgan fingerprint density at radius 3 is 2.65 bits per heavy atom. The van der Waals surface area contributed by atoms with Gasteiger partial charge in [-0.2, -0.15) is 13.2 Å². The molecule has 0 amide bonds. The molecule has 0 saturated carbocycles. The van der Waals surface area contributed by atoms with Crippen molar-refractivity contribution in [2.45, 2.75) is 38.4 Å². The van der Waals surface area contributed by atoms with Crippen LogP contribution in [-0.2, 0) is 11.2 Å². The van der Waals surface area contributed by atoms with Gasteiger partial charge in [0.25, 0.3) is 0 Å². The van der Waals surface area contributed by atoms with Gasteiger partial charge >= 0.3 is 12.1 Å². The van der Waals surface area contributed by atoms with Gasteiger partial charge in [0.2, 0.25) is 0 Å². The molecule has 1 rings (SSSR count). The molecule has 0 fully saturated rings. The summed E-state index contributed by atoms with van der Waals surface area (Å²) in [6, 6.07) is -0.667. The van der Waals surface area contributed by atoms with Gasteiger partial charge in [0, 0.05) is 0 Å². The summed E-state index contributed by atoms with van der Waals surface area (Å²) in [5.41, 5.74) is 0. The molecule has 0 aliphatic heterocycles. The first-order chi connectivity index (χ1) is 7.83. The lowest BCUT2D eigenvalue weighted by molar-refractivity contribution is -0.138. The second kappa shape index (κ2) is 5.11. The average Bonchev–Trinajstić information content (AvgIpc) is 2.59. The van der Waals surface area contributed by atoms with Crippen molar-refractivity contribution in [1.29, 1.82) is 0 Å². The first kappa shape index (κ1) is 13.4. The van der Waals surface area contributed by atoms with Crippen molar-refractivity contribution in [2.75, 3.05) is 0 Å². The van der Waals surface area contributed by atoms with Crippen LogP contribution in [0, 0.1) is 0 Å². The molecule has 1 aromatic rings. The second-order valence-corrected chi connectivity index (χ2v) is 3.49. The molecule has 1 unspecified atom stereocenters. The van der Waals surface area contributed by atoms with Gasteiger partial charge in [-0.1, -0.05) is 6.92 Å². The minimum Gasteiger partial charge on any atom is -0.481 e. The smallest absolute Gasteiger partial charge is 0.396 e. The number of carboxylic acid groups (broad SMARTS) is 1. The fourth-order valence-corrected chi connectivity index (χ4v) is 1.40. The number of carboxylic acids is 1. The van der Waals surface area contributed by atoms with E-state index in [0.717, 1.165) is 4.68 Å². The molecular weight excluding hydrogens is 241 g/mol. The third-order valence-corrected chi connectivity index (χ3v) is 2.15. The molecule has 6 nitrogen and oxygen atoms in total. The normalized spacial score (nSPS) is 13.6. The number of nitrogens with zero attached hydrogens (tertiary/aromatic N) is 4. The quantitative estimate of drug-likeness (QED) is 0.851. The Balaban J connectivity index is 2.89. The Morgan fingerprint density at radius 2 is 2.18 bits per heavy atom. The summed E-state index contributed by atoms with van der Waals surface area (Å²) >= 11 is 0. The summed E-state index contributed by atoms with van der Waals surface area (Å²) in [5, 5.41) is 18.5. The predicted octanol–water partition coefficient (Wildman–Crippen LogP) is 1.20. The maximum absolute atomic E-state index is 12.2. The summed E-state index contributed by atoms with van der Waals surface area (Å²) in [7, 11) is 0. The minimum absolute atomic E-state index is 0.313. The molecule has 0 bridgehead atoms. The van der Waals surface area contributed by atoms with Gasteiger partial charge in [-0.15, -0.1) is 5.10 Å². The van der Waals surface area contributed by atoms with E-state index in [1.807, 2.05) is 0 Å². The largest absolute Gasteiger partial charge is 0.481 e. The van der Waals surface area contributed by atoms with Crippen LogP contribution in [0.5, 0.6) is 0 Å². The SMILES string of the molecule is CCC(CC(=O)O)n1nnnc1CC(F)(F)F. The molecule has 1 N–H and O–H groups in total. The third kappa shape index (κ3) is 4.00. The lowest BCUT2D eigenvalue weighted by Crippen LogP contribution is -2.21. The Morgan fingerprint density at radius 1 is 1.53 bits per heavy atom. The minimum atomic E-state index is -4.42. The molecular formula is C8H11F3N4O2. The van der Waals surface area contributed by atoms with E-state index < -0.39 is 24.6 Å². The van der Waals surface area contributed by atoms with Crippen LogP contribution in [0.1, 0.15) is 31.6 Å². The molecule has 1 atom stereocenters. The van der Waals surface area contributed by atoms with E-state index in [1.165, 1.54) is 0 Å². The molecule has 1 heterocycles. The van der Waals surface area contributed by atoms with Crippen molar-refractivity contribution in [3.63, 3.8) is 0 Å². The van der Waals surface area contributed by atoms with Crippen LogP contribution >= 0.6 is 0 Å². The van der Waals surface area contributed by atoms with Gasteiger partial charge < -0.3 is 5.11 Å². The molecule has 0 spiro atoms. The first-order valence-corrected chi connectivity index (χ1v) is 4.88. The fourth-order valence-electron chi connectivity index (χ4n) is 1.40. The maximum Gasteiger partial charge on any atom is 0.396 e. The van der Waals surface area contributed by atoms with Gasteiger partial charge in [-0.25, -0.2) is 4.68 Å². The van der Waals surface area contributed by atoms with Crippen molar-refractivity contribution in [1.82, 2.24) is 20.2 Å². The Bertz CT molecular complexity index is 390. The standard InChI is InChI=1S/C8H11F3N4O2/c1-2-5(3-7(16)17)15-6(12-13-14-15)4-8(9,10)11/h5H,2-4H2,1H3,(H,16,17). The van der Waals surface area contributed by atoms with E-state index in [4.69, 9.17) is 5.11 Å². The number of aromatic nitrogens is 4. The van der Waals surface area contributed by atoms with Crippen LogP contribution in [0.4, 0.5) is 13.2 Å². The molecule has 9 heteroatoms. The zero-order valence-corrected chi connectivity index (χ0v) is 8.98. The number of hydrogen-bond donors (Lipinski definition) is 1. The van der Waals surface area contributed by atoms with E-state index in [2.05, 4.69) is 15.5 Å². The second-order valence-electron chi connectivity index (χ2n) is 3.49. The van der Waals surface area contributed by atoms with Gasteiger partial charge in [-0.05, 0) is 16.8 Å². The first-order valence-electron chi connectivity index (χ1n) is 4.88. The average molecular weight is 252 g/mol. The van der Waals surface area contributed by atoms with Crippen LogP contribution < -0.4 is 0 Å². The van der Waals surface area contributed by atoms with E-state index in [9.17, 15) is 18.0 Å². The zero-order chi connectivity index (χ0) is 13.1. The van der Waals surface area contributed by atoms with Crippen molar-refractivity contribution >= 4 is 5.97 Å². The van der Waals surface area contributed by atoms with Crippen LogP contribution in [0.3, 0.4) is 0 Å². The number of alkyl halides is 3. The van der Waals surface area contributed by atoms with Crippen LogP contribution in [-0.4, -0.2) is 37.5 Å². The molecule has 0 aliphatic rings. The molecule has 0 aromatic carbocycles. The topological polar surface area (TPSA) is 80.9 Å². The number of aliphatic carboxylic acids is 1. The molecule has 0 saturated heterocycles. The van der Waals surface area contributed by atoms with E-state index in [1.54, 1.807) is 6.92 Å². The Labute approximate surface area is 94.4 Å². The van der Waals surface area contributed by atoms with Crippen LogP contribution in [0.25, 0.3) is 0 Å². The number of tetrazole rings is 1. The van der Waals surface area contributed by atoms with Gasteiger partial charge in [0.15, 0.2) is 5.82 Å². The van der Waals surface area contributed by atoms with Crippen LogP contribution in [0.2, 0.25) is 0 Å². The number of hydrogen-bond acceptors (Lipinski definition) is 4. The van der Waals surface area contributed by atoms with Crippen molar-refractivity contribution < 1.29 is 23.1 Å². The number of rotatable bonds is 5. The number of carbonyl (C=O) groups is 1.